The summed E-state index contributed by atoms with van der Waals surface area (Å²) in [6, 6.07) is 6.72. The lowest BCUT2D eigenvalue weighted by molar-refractivity contribution is -0.144. The van der Waals surface area contributed by atoms with Crippen LogP contribution in [-0.4, -0.2) is 40.0 Å². The highest BCUT2D eigenvalue weighted by Crippen LogP contribution is 2.13. The van der Waals surface area contributed by atoms with E-state index >= 15 is 0 Å². The Labute approximate surface area is 122 Å². The molecule has 1 aromatic carbocycles. The number of aliphatic hydroxyl groups is 1. The first kappa shape index (κ1) is 16.5. The number of benzene rings is 1. The molecule has 0 bridgehead atoms. The summed E-state index contributed by atoms with van der Waals surface area (Å²) in [7, 11) is 0. The van der Waals surface area contributed by atoms with Gasteiger partial charge >= 0.3 is 5.97 Å². The van der Waals surface area contributed by atoms with Crippen LogP contribution < -0.4 is 5.32 Å². The van der Waals surface area contributed by atoms with Gasteiger partial charge in [0.1, 0.15) is 0 Å². The van der Waals surface area contributed by atoms with Gasteiger partial charge in [0.05, 0.1) is 11.9 Å². The first-order valence-corrected chi connectivity index (χ1v) is 7.39. The number of carbonyl (C=O) groups excluding carboxylic acids is 1. The number of aryl methyl sites for hydroxylation is 1. The second kappa shape index (κ2) is 7.91. The maximum atomic E-state index is 11.6. The Kier molecular flexibility index (Phi) is 6.54. The van der Waals surface area contributed by atoms with Gasteiger partial charge in [0, 0.05) is 5.75 Å². The summed E-state index contributed by atoms with van der Waals surface area (Å²) in [5.74, 6) is -0.792. The molecule has 0 saturated heterocycles. The number of thioether (sulfide) groups is 1. The SMILES string of the molecule is Cc1cccc(CSCC(=O)N[C@H](C(=O)O)[C@@H](C)O)c1. The molecule has 0 fully saturated rings. The topological polar surface area (TPSA) is 86.6 Å². The molecule has 20 heavy (non-hydrogen) atoms. The first-order chi connectivity index (χ1) is 9.40. The number of hydrogen-bond donors (Lipinski definition) is 3. The van der Waals surface area contributed by atoms with Crippen molar-refractivity contribution < 1.29 is 19.8 Å². The number of carboxylic acids is 1. The van der Waals surface area contributed by atoms with Gasteiger partial charge in [0.15, 0.2) is 6.04 Å². The van der Waals surface area contributed by atoms with Crippen LogP contribution in [-0.2, 0) is 15.3 Å². The average molecular weight is 297 g/mol. The van der Waals surface area contributed by atoms with E-state index in [1.54, 1.807) is 0 Å². The summed E-state index contributed by atoms with van der Waals surface area (Å²) < 4.78 is 0. The largest absolute Gasteiger partial charge is 0.480 e. The zero-order valence-electron chi connectivity index (χ0n) is 11.5. The molecule has 0 unspecified atom stereocenters. The fourth-order valence-electron chi connectivity index (χ4n) is 1.67. The first-order valence-electron chi connectivity index (χ1n) is 6.23. The number of carboxylic acid groups (broad SMARTS) is 1. The fourth-order valence-corrected chi connectivity index (χ4v) is 2.45. The average Bonchev–Trinajstić information content (AvgIpc) is 2.35. The molecule has 0 aliphatic carbocycles. The van der Waals surface area contributed by atoms with E-state index in [2.05, 4.69) is 5.32 Å². The minimum absolute atomic E-state index is 0.157. The second-order valence-corrected chi connectivity index (χ2v) is 5.59. The number of aliphatic hydroxyl groups excluding tert-OH is 1. The van der Waals surface area contributed by atoms with E-state index < -0.39 is 24.0 Å². The molecule has 0 radical (unpaired) electrons. The maximum Gasteiger partial charge on any atom is 0.328 e. The van der Waals surface area contributed by atoms with E-state index in [4.69, 9.17) is 5.11 Å². The van der Waals surface area contributed by atoms with Crippen molar-refractivity contribution in [2.75, 3.05) is 5.75 Å². The van der Waals surface area contributed by atoms with Gasteiger partial charge in [0.2, 0.25) is 5.91 Å². The maximum absolute atomic E-state index is 11.6. The third-order valence-corrected chi connectivity index (χ3v) is 3.65. The molecule has 110 valence electrons. The molecule has 1 aromatic rings. The van der Waals surface area contributed by atoms with Crippen molar-refractivity contribution in [1.29, 1.82) is 0 Å². The standard InChI is InChI=1S/C14H19NO4S/c1-9-4-3-5-11(6-9)7-20-8-12(17)15-13(10(2)16)14(18)19/h3-6,10,13,16H,7-8H2,1-2H3,(H,15,17)(H,18,19)/t10-,13+/m1/s1. The van der Waals surface area contributed by atoms with Gasteiger partial charge in [-0.3, -0.25) is 4.79 Å². The smallest absolute Gasteiger partial charge is 0.328 e. The molecule has 3 N–H and O–H groups in total. The van der Waals surface area contributed by atoms with Crippen molar-refractivity contribution in [1.82, 2.24) is 5.32 Å². The van der Waals surface area contributed by atoms with Gasteiger partial charge in [-0.05, 0) is 19.4 Å². The van der Waals surface area contributed by atoms with Gasteiger partial charge in [-0.1, -0.05) is 29.8 Å². The minimum Gasteiger partial charge on any atom is -0.480 e. The molecular formula is C14H19NO4S. The highest BCUT2D eigenvalue weighted by atomic mass is 32.2. The monoisotopic (exact) mass is 297 g/mol. The van der Waals surface area contributed by atoms with Crippen LogP contribution in [0, 0.1) is 6.92 Å². The van der Waals surface area contributed by atoms with Crippen LogP contribution in [0.2, 0.25) is 0 Å². The number of carbonyl (C=O) groups is 2. The van der Waals surface area contributed by atoms with Crippen molar-refractivity contribution in [3.05, 3.63) is 35.4 Å². The molecule has 0 heterocycles. The Balaban J connectivity index is 2.38. The van der Waals surface area contributed by atoms with Gasteiger partial charge in [-0.15, -0.1) is 11.8 Å². The lowest BCUT2D eigenvalue weighted by atomic mass is 10.2. The van der Waals surface area contributed by atoms with Crippen LogP contribution in [0.25, 0.3) is 0 Å². The predicted molar refractivity (Wildman–Crippen MR) is 78.6 cm³/mol. The van der Waals surface area contributed by atoms with Crippen LogP contribution in [0.15, 0.2) is 24.3 Å². The fraction of sp³-hybridized carbons (Fsp3) is 0.429. The Morgan fingerprint density at radius 1 is 1.40 bits per heavy atom. The molecule has 6 heteroatoms. The van der Waals surface area contributed by atoms with Crippen LogP contribution in [0.5, 0.6) is 0 Å². The molecule has 0 aromatic heterocycles. The van der Waals surface area contributed by atoms with Crippen LogP contribution in [0.4, 0.5) is 0 Å². The molecule has 0 aliphatic rings. The lowest BCUT2D eigenvalue weighted by Crippen LogP contribution is -2.48. The third kappa shape index (κ3) is 5.63. The van der Waals surface area contributed by atoms with E-state index in [0.29, 0.717) is 5.75 Å². The van der Waals surface area contributed by atoms with Crippen molar-refractivity contribution in [3.8, 4) is 0 Å². The van der Waals surface area contributed by atoms with E-state index in [1.807, 2.05) is 31.2 Å². The van der Waals surface area contributed by atoms with Crippen LogP contribution >= 0.6 is 11.8 Å². The normalized spacial score (nSPS) is 13.6. The Hall–Kier alpha value is -1.53. The van der Waals surface area contributed by atoms with Gasteiger partial charge in [0.25, 0.3) is 0 Å². The summed E-state index contributed by atoms with van der Waals surface area (Å²) in [5, 5.41) is 20.4. The number of nitrogens with one attached hydrogen (secondary N) is 1. The third-order valence-electron chi connectivity index (χ3n) is 2.65. The van der Waals surface area contributed by atoms with Gasteiger partial charge < -0.3 is 15.5 Å². The summed E-state index contributed by atoms with van der Waals surface area (Å²) in [5.41, 5.74) is 2.28. The van der Waals surface area contributed by atoms with Crippen molar-refractivity contribution in [3.63, 3.8) is 0 Å². The highest BCUT2D eigenvalue weighted by Gasteiger charge is 2.24. The summed E-state index contributed by atoms with van der Waals surface area (Å²) in [6.45, 7) is 3.33. The summed E-state index contributed by atoms with van der Waals surface area (Å²) >= 11 is 1.40. The minimum atomic E-state index is -1.26. The summed E-state index contributed by atoms with van der Waals surface area (Å²) in [6.07, 6.45) is -1.13. The lowest BCUT2D eigenvalue weighted by Gasteiger charge is -2.16. The van der Waals surface area contributed by atoms with Crippen molar-refractivity contribution >= 4 is 23.6 Å². The molecule has 0 aliphatic heterocycles. The van der Waals surface area contributed by atoms with Crippen molar-refractivity contribution in [2.45, 2.75) is 31.7 Å². The van der Waals surface area contributed by atoms with E-state index in [9.17, 15) is 14.7 Å². The number of rotatable bonds is 7. The van der Waals surface area contributed by atoms with E-state index in [-0.39, 0.29) is 5.75 Å². The number of aliphatic carboxylic acids is 1. The van der Waals surface area contributed by atoms with Crippen LogP contribution in [0.1, 0.15) is 18.1 Å². The molecule has 5 nitrogen and oxygen atoms in total. The molecule has 1 rings (SSSR count). The second-order valence-electron chi connectivity index (χ2n) is 4.61. The van der Waals surface area contributed by atoms with E-state index in [1.165, 1.54) is 18.7 Å². The predicted octanol–water partition coefficient (Wildman–Crippen LogP) is 1.18. The number of amides is 1. The number of hydrogen-bond acceptors (Lipinski definition) is 4. The quantitative estimate of drug-likeness (QED) is 0.703. The van der Waals surface area contributed by atoms with Crippen molar-refractivity contribution in [2.24, 2.45) is 0 Å². The molecule has 0 spiro atoms. The molecular weight excluding hydrogens is 278 g/mol. The highest BCUT2D eigenvalue weighted by molar-refractivity contribution is 7.99. The van der Waals surface area contributed by atoms with E-state index in [0.717, 1.165) is 11.1 Å². The molecule has 2 atom stereocenters. The van der Waals surface area contributed by atoms with Gasteiger partial charge in [-0.25, -0.2) is 4.79 Å². The summed E-state index contributed by atoms with van der Waals surface area (Å²) in [4.78, 5) is 22.4. The molecule has 1 amide bonds. The molecule has 0 saturated carbocycles. The zero-order chi connectivity index (χ0) is 15.1. The zero-order valence-corrected chi connectivity index (χ0v) is 12.3. The Morgan fingerprint density at radius 3 is 2.65 bits per heavy atom. The van der Waals surface area contributed by atoms with Gasteiger partial charge in [-0.2, -0.15) is 0 Å². The van der Waals surface area contributed by atoms with Crippen LogP contribution in [0.3, 0.4) is 0 Å². The Morgan fingerprint density at radius 2 is 2.10 bits per heavy atom. The Bertz CT molecular complexity index is 476.